The molecule has 2 rings (SSSR count). The van der Waals surface area contributed by atoms with Gasteiger partial charge < -0.3 is 9.53 Å². The van der Waals surface area contributed by atoms with Crippen LogP contribution in [0.4, 0.5) is 5.69 Å². The van der Waals surface area contributed by atoms with E-state index in [2.05, 4.69) is 41.5 Å². The lowest BCUT2D eigenvalue weighted by Gasteiger charge is -2.55. The van der Waals surface area contributed by atoms with Crippen LogP contribution in [-0.2, 0) is 4.43 Å². The molecule has 1 unspecified atom stereocenters. The van der Waals surface area contributed by atoms with Crippen LogP contribution in [0.5, 0.6) is 0 Å². The van der Waals surface area contributed by atoms with Crippen molar-refractivity contribution in [2.45, 2.75) is 65.9 Å². The molecule has 1 aromatic rings. The summed E-state index contributed by atoms with van der Waals surface area (Å²) in [5.74, 6) is 0.975. The Morgan fingerprint density at radius 2 is 1.76 bits per heavy atom. The molecule has 0 radical (unpaired) electrons. The van der Waals surface area contributed by atoms with Crippen molar-refractivity contribution in [1.29, 1.82) is 0 Å². The van der Waals surface area contributed by atoms with E-state index in [-0.39, 0.29) is 22.8 Å². The summed E-state index contributed by atoms with van der Waals surface area (Å²) in [7, 11) is 0.668. The first-order valence-corrected chi connectivity index (χ1v) is 11.4. The third-order valence-electron chi connectivity index (χ3n) is 7.00. The van der Waals surface area contributed by atoms with E-state index in [9.17, 15) is 20.0 Å². The molecular formula is C22H35NO5Si. The van der Waals surface area contributed by atoms with Gasteiger partial charge in [-0.25, -0.2) is 4.79 Å². The third kappa shape index (κ3) is 4.26. The molecule has 162 valence electrons. The molecule has 0 bridgehead atoms. The molecule has 6 nitrogen and oxygen atoms in total. The Bertz CT molecular complexity index is 748. The topological polar surface area (TPSA) is 89.7 Å². The largest absolute Gasteiger partial charge is 0.478 e. The predicted octanol–water partition coefficient (Wildman–Crippen LogP) is 4.41. The number of carboxylic acid groups (broad SMARTS) is 1. The summed E-state index contributed by atoms with van der Waals surface area (Å²) in [6.07, 6.45) is 1.69. The van der Waals surface area contributed by atoms with Crippen LogP contribution in [0.1, 0.15) is 76.2 Å². The van der Waals surface area contributed by atoms with Gasteiger partial charge in [0.1, 0.15) is 10.5 Å². The fourth-order valence-corrected chi connectivity index (χ4v) is 7.10. The number of rotatable bonds is 9. The van der Waals surface area contributed by atoms with E-state index in [4.69, 9.17) is 4.43 Å². The monoisotopic (exact) mass is 421 g/mol. The summed E-state index contributed by atoms with van der Waals surface area (Å²) < 4.78 is 6.35. The third-order valence-corrected chi connectivity index (χ3v) is 7.70. The van der Waals surface area contributed by atoms with Crippen LogP contribution < -0.4 is 0 Å². The van der Waals surface area contributed by atoms with Gasteiger partial charge in [-0.3, -0.25) is 10.1 Å². The molecule has 1 aliphatic rings. The highest BCUT2D eigenvalue weighted by Gasteiger charge is 2.52. The Balaban J connectivity index is 2.36. The number of nitro groups is 1. The minimum Gasteiger partial charge on any atom is -0.478 e. The van der Waals surface area contributed by atoms with Crippen molar-refractivity contribution in [3.05, 3.63) is 39.4 Å². The summed E-state index contributed by atoms with van der Waals surface area (Å²) in [5, 5.41) is 20.7. The van der Waals surface area contributed by atoms with Gasteiger partial charge in [-0.1, -0.05) is 41.5 Å². The summed E-state index contributed by atoms with van der Waals surface area (Å²) in [5.41, 5.74) is 0.527. The van der Waals surface area contributed by atoms with E-state index in [0.717, 1.165) is 12.8 Å². The average Bonchev–Trinajstić information content (AvgIpc) is 2.58. The number of non-ortho nitro benzene ring substituents is 1. The Morgan fingerprint density at radius 3 is 2.14 bits per heavy atom. The Hall–Kier alpha value is -1.73. The van der Waals surface area contributed by atoms with Gasteiger partial charge in [-0.05, 0) is 60.0 Å². The van der Waals surface area contributed by atoms with Crippen LogP contribution in [0.2, 0.25) is 0 Å². The van der Waals surface area contributed by atoms with Gasteiger partial charge in [0, 0.05) is 12.1 Å². The van der Waals surface area contributed by atoms with Crippen molar-refractivity contribution >= 4 is 22.1 Å². The molecule has 1 aromatic carbocycles. The molecule has 1 N–H and O–H groups in total. The van der Waals surface area contributed by atoms with Crippen LogP contribution in [-0.4, -0.2) is 32.1 Å². The first kappa shape index (κ1) is 23.5. The molecule has 29 heavy (non-hydrogen) atoms. The number of benzene rings is 1. The minimum atomic E-state index is -1.03. The number of carbonyl (C=O) groups is 1. The molecule has 7 heteroatoms. The van der Waals surface area contributed by atoms with Gasteiger partial charge in [-0.2, -0.15) is 0 Å². The van der Waals surface area contributed by atoms with E-state index >= 15 is 0 Å². The molecule has 1 aliphatic carbocycles. The lowest BCUT2D eigenvalue weighted by molar-refractivity contribution is -0.385. The minimum absolute atomic E-state index is 0.0402. The molecule has 0 heterocycles. The lowest BCUT2D eigenvalue weighted by Crippen LogP contribution is -2.56. The van der Waals surface area contributed by atoms with E-state index < -0.39 is 10.9 Å². The molecule has 1 fully saturated rings. The van der Waals surface area contributed by atoms with E-state index in [1.165, 1.54) is 18.2 Å². The fourth-order valence-electron chi connectivity index (χ4n) is 5.88. The van der Waals surface area contributed by atoms with Crippen LogP contribution >= 0.6 is 0 Å². The summed E-state index contributed by atoms with van der Waals surface area (Å²) in [6, 6.07) is 4.10. The number of nitro benzene ring substituents is 1. The predicted molar refractivity (Wildman–Crippen MR) is 117 cm³/mol. The summed E-state index contributed by atoms with van der Waals surface area (Å²) >= 11 is 0. The quantitative estimate of drug-likeness (QED) is 0.362. The number of hydrogen-bond donors (Lipinski definition) is 1. The normalized spacial score (nSPS) is 20.9. The molecular weight excluding hydrogens is 386 g/mol. The van der Waals surface area contributed by atoms with Crippen LogP contribution in [0.25, 0.3) is 0 Å². The number of carboxylic acids is 1. The number of aromatic carboxylic acids is 1. The maximum absolute atomic E-state index is 11.7. The Kier molecular flexibility index (Phi) is 7.27. The first-order chi connectivity index (χ1) is 13.5. The lowest BCUT2D eigenvalue weighted by atomic mass is 9.55. The molecule has 1 saturated carbocycles. The molecule has 0 aliphatic heterocycles. The van der Waals surface area contributed by atoms with Crippen molar-refractivity contribution in [2.24, 2.45) is 29.6 Å². The van der Waals surface area contributed by atoms with Crippen LogP contribution in [0, 0.1) is 39.7 Å². The van der Waals surface area contributed by atoms with Crippen molar-refractivity contribution in [3.8, 4) is 0 Å². The standard InChI is InChI=1S/C22H35NO5Si/c1-12(2)20(22(28-29,13(3)4)14(5)6)16-9-15(10-16)19-11-17(23(26)27)7-8-18(19)21(24)25/h7-8,11-16,20H,9-10H2,1-6,29H3,(H,24,25). The number of hydrogen-bond acceptors (Lipinski definition) is 4. The highest BCUT2D eigenvalue weighted by molar-refractivity contribution is 5.98. The summed E-state index contributed by atoms with van der Waals surface area (Å²) in [6.45, 7) is 13.4. The molecule has 0 saturated heterocycles. The molecule has 0 spiro atoms. The number of nitrogens with zero attached hydrogens (tertiary/aromatic N) is 1. The maximum Gasteiger partial charge on any atom is 0.335 e. The second kappa shape index (κ2) is 8.96. The van der Waals surface area contributed by atoms with Crippen molar-refractivity contribution in [3.63, 3.8) is 0 Å². The Labute approximate surface area is 176 Å². The molecule has 1 atom stereocenters. The average molecular weight is 422 g/mol. The van der Waals surface area contributed by atoms with Crippen LogP contribution in [0.3, 0.4) is 0 Å². The van der Waals surface area contributed by atoms with Crippen molar-refractivity contribution in [1.82, 2.24) is 0 Å². The van der Waals surface area contributed by atoms with Crippen LogP contribution in [0.15, 0.2) is 18.2 Å². The molecule has 0 amide bonds. The van der Waals surface area contributed by atoms with E-state index in [1.807, 2.05) is 0 Å². The van der Waals surface area contributed by atoms with Crippen molar-refractivity contribution < 1.29 is 19.3 Å². The van der Waals surface area contributed by atoms with E-state index in [0.29, 0.717) is 45.6 Å². The maximum atomic E-state index is 11.7. The van der Waals surface area contributed by atoms with Gasteiger partial charge >= 0.3 is 5.97 Å². The van der Waals surface area contributed by atoms with Gasteiger partial charge in [0.2, 0.25) is 0 Å². The van der Waals surface area contributed by atoms with Gasteiger partial charge in [0.25, 0.3) is 5.69 Å². The van der Waals surface area contributed by atoms with Gasteiger partial charge in [0.05, 0.1) is 16.1 Å². The zero-order valence-electron chi connectivity index (χ0n) is 18.6. The Morgan fingerprint density at radius 1 is 1.21 bits per heavy atom. The second-order valence-corrected chi connectivity index (χ2v) is 9.81. The van der Waals surface area contributed by atoms with Gasteiger partial charge in [0.15, 0.2) is 0 Å². The van der Waals surface area contributed by atoms with E-state index in [1.54, 1.807) is 0 Å². The SMILES string of the molecule is CC(C)C(C1CC(c2cc([N+](=O)[O-])ccc2C(=O)O)C1)C(O[SiH3])(C(C)C)C(C)C. The summed E-state index contributed by atoms with van der Waals surface area (Å²) in [4.78, 5) is 22.4. The highest BCUT2D eigenvalue weighted by Crippen LogP contribution is 2.55. The molecule has 0 aromatic heterocycles. The zero-order valence-corrected chi connectivity index (χ0v) is 20.6. The fraction of sp³-hybridized carbons (Fsp3) is 0.682. The first-order valence-electron chi connectivity index (χ1n) is 10.5. The second-order valence-electron chi connectivity index (χ2n) is 9.40. The zero-order chi connectivity index (χ0) is 22.1. The smallest absolute Gasteiger partial charge is 0.335 e. The van der Waals surface area contributed by atoms with Gasteiger partial charge in [-0.15, -0.1) is 0 Å². The highest BCUT2D eigenvalue weighted by atomic mass is 28.2. The van der Waals surface area contributed by atoms with Crippen molar-refractivity contribution in [2.75, 3.05) is 0 Å².